The topological polar surface area (TPSA) is 81.7 Å². The third-order valence-electron chi connectivity index (χ3n) is 3.17. The Kier molecular flexibility index (Phi) is 6.03. The number of hydrogen-bond acceptors (Lipinski definition) is 5. The van der Waals surface area contributed by atoms with Gasteiger partial charge in [-0.25, -0.2) is 13.2 Å². The van der Waals surface area contributed by atoms with E-state index in [9.17, 15) is 13.2 Å². The summed E-state index contributed by atoms with van der Waals surface area (Å²) in [4.78, 5) is 12.0. The van der Waals surface area contributed by atoms with Gasteiger partial charge >= 0.3 is 5.97 Å². The van der Waals surface area contributed by atoms with E-state index in [0.29, 0.717) is 5.75 Å². The average Bonchev–Trinajstić information content (AvgIpc) is 2.55. The van der Waals surface area contributed by atoms with Gasteiger partial charge in [-0.2, -0.15) is 0 Å². The van der Waals surface area contributed by atoms with Crippen molar-refractivity contribution in [2.24, 2.45) is 0 Å². The molecule has 0 saturated heterocycles. The molecule has 0 unspecified atom stereocenters. The zero-order valence-electron chi connectivity index (χ0n) is 14.4. The maximum Gasteiger partial charge on any atom is 0.340 e. The molecule has 0 heterocycles. The molecular formula is C18H21NO5S. The summed E-state index contributed by atoms with van der Waals surface area (Å²) in [6, 6.07) is 12.4. The van der Waals surface area contributed by atoms with Crippen molar-refractivity contribution in [3.05, 3.63) is 54.1 Å². The van der Waals surface area contributed by atoms with Gasteiger partial charge in [0.15, 0.2) is 0 Å². The van der Waals surface area contributed by atoms with E-state index in [-0.39, 0.29) is 28.9 Å². The average molecular weight is 363 g/mol. The van der Waals surface area contributed by atoms with Crippen LogP contribution in [0.2, 0.25) is 0 Å². The van der Waals surface area contributed by atoms with Crippen LogP contribution in [0.4, 0.5) is 5.69 Å². The number of nitrogens with one attached hydrogen (secondary N) is 1. The summed E-state index contributed by atoms with van der Waals surface area (Å²) < 4.78 is 38.0. The van der Waals surface area contributed by atoms with Crippen LogP contribution in [0, 0.1) is 0 Å². The SMILES string of the molecule is CCOC(=O)c1ccccc1NS(=O)(=O)c1ccc(OC(C)C)cc1. The first-order chi connectivity index (χ1) is 11.8. The lowest BCUT2D eigenvalue weighted by Crippen LogP contribution is -2.16. The van der Waals surface area contributed by atoms with Crippen molar-refractivity contribution in [1.82, 2.24) is 0 Å². The number of ether oxygens (including phenoxy) is 2. The van der Waals surface area contributed by atoms with Crippen LogP contribution >= 0.6 is 0 Å². The number of benzene rings is 2. The summed E-state index contributed by atoms with van der Waals surface area (Å²) in [6.07, 6.45) is -0.00274. The minimum Gasteiger partial charge on any atom is -0.491 e. The Labute approximate surface area is 147 Å². The van der Waals surface area contributed by atoms with Gasteiger partial charge in [0.2, 0.25) is 0 Å². The molecule has 0 bridgehead atoms. The second-order valence-corrected chi connectivity index (χ2v) is 7.19. The predicted molar refractivity (Wildman–Crippen MR) is 95.4 cm³/mol. The number of carbonyl (C=O) groups is 1. The molecule has 0 amide bonds. The quantitative estimate of drug-likeness (QED) is 0.762. The largest absolute Gasteiger partial charge is 0.491 e. The Morgan fingerprint density at radius 1 is 1.08 bits per heavy atom. The third-order valence-corrected chi connectivity index (χ3v) is 4.55. The highest BCUT2D eigenvalue weighted by atomic mass is 32.2. The van der Waals surface area contributed by atoms with Gasteiger partial charge in [0, 0.05) is 0 Å². The molecule has 0 radical (unpaired) electrons. The van der Waals surface area contributed by atoms with Gasteiger partial charge in [-0.1, -0.05) is 12.1 Å². The molecule has 0 aromatic heterocycles. The van der Waals surface area contributed by atoms with E-state index in [4.69, 9.17) is 9.47 Å². The van der Waals surface area contributed by atoms with E-state index in [2.05, 4.69) is 4.72 Å². The van der Waals surface area contributed by atoms with Crippen LogP contribution in [0.25, 0.3) is 0 Å². The third kappa shape index (κ3) is 4.96. The highest BCUT2D eigenvalue weighted by Gasteiger charge is 2.19. The van der Waals surface area contributed by atoms with Crippen molar-refractivity contribution >= 4 is 21.7 Å². The molecule has 2 aromatic rings. The van der Waals surface area contributed by atoms with Crippen molar-refractivity contribution in [3.8, 4) is 5.75 Å². The summed E-state index contributed by atoms with van der Waals surface area (Å²) in [5.74, 6) is 0.00218. The maximum atomic E-state index is 12.6. The number of hydrogen-bond donors (Lipinski definition) is 1. The van der Waals surface area contributed by atoms with Gasteiger partial charge in [-0.05, 0) is 57.2 Å². The first kappa shape index (κ1) is 18.8. The van der Waals surface area contributed by atoms with Gasteiger partial charge in [-0.15, -0.1) is 0 Å². The zero-order chi connectivity index (χ0) is 18.4. The molecule has 7 heteroatoms. The van der Waals surface area contributed by atoms with Crippen LogP contribution in [0.3, 0.4) is 0 Å². The monoisotopic (exact) mass is 363 g/mol. The standard InChI is InChI=1S/C18H21NO5S/c1-4-23-18(20)16-7-5-6-8-17(16)19-25(21,22)15-11-9-14(10-12-15)24-13(2)3/h5-13,19H,4H2,1-3H3. The van der Waals surface area contributed by atoms with E-state index < -0.39 is 16.0 Å². The minimum absolute atomic E-state index is 0.00274. The van der Waals surface area contributed by atoms with Crippen LogP contribution in [-0.2, 0) is 14.8 Å². The normalized spacial score (nSPS) is 11.2. The fraction of sp³-hybridized carbons (Fsp3) is 0.278. The summed E-state index contributed by atoms with van der Waals surface area (Å²) >= 11 is 0. The summed E-state index contributed by atoms with van der Waals surface area (Å²) in [5, 5.41) is 0. The number of carbonyl (C=O) groups excluding carboxylic acids is 1. The molecule has 1 N–H and O–H groups in total. The highest BCUT2D eigenvalue weighted by molar-refractivity contribution is 7.92. The zero-order valence-corrected chi connectivity index (χ0v) is 15.2. The van der Waals surface area contributed by atoms with E-state index in [1.165, 1.54) is 24.3 Å². The molecule has 0 fully saturated rings. The van der Waals surface area contributed by atoms with E-state index in [1.807, 2.05) is 13.8 Å². The van der Waals surface area contributed by atoms with Crippen molar-refractivity contribution in [3.63, 3.8) is 0 Å². The molecule has 0 aliphatic heterocycles. The summed E-state index contributed by atoms with van der Waals surface area (Å²) in [6.45, 7) is 5.67. The lowest BCUT2D eigenvalue weighted by Gasteiger charge is -2.13. The molecular weight excluding hydrogens is 342 g/mol. The van der Waals surface area contributed by atoms with Crippen molar-refractivity contribution < 1.29 is 22.7 Å². The molecule has 2 rings (SSSR count). The smallest absolute Gasteiger partial charge is 0.340 e. The first-order valence-corrected chi connectivity index (χ1v) is 9.37. The van der Waals surface area contributed by atoms with E-state index in [1.54, 1.807) is 31.2 Å². The fourth-order valence-corrected chi connectivity index (χ4v) is 3.21. The van der Waals surface area contributed by atoms with Gasteiger partial charge < -0.3 is 9.47 Å². The van der Waals surface area contributed by atoms with Crippen LogP contribution in [-0.4, -0.2) is 27.1 Å². The molecule has 134 valence electrons. The predicted octanol–water partition coefficient (Wildman–Crippen LogP) is 3.45. The minimum atomic E-state index is -3.84. The van der Waals surface area contributed by atoms with Crippen molar-refractivity contribution in [1.29, 1.82) is 0 Å². The van der Waals surface area contributed by atoms with Crippen LogP contribution in [0.15, 0.2) is 53.4 Å². The van der Waals surface area contributed by atoms with Gasteiger partial charge in [0.05, 0.1) is 28.9 Å². The number of para-hydroxylation sites is 1. The summed E-state index contributed by atoms with van der Waals surface area (Å²) in [5.41, 5.74) is 0.330. The second-order valence-electron chi connectivity index (χ2n) is 5.51. The number of anilines is 1. The Hall–Kier alpha value is -2.54. The Morgan fingerprint density at radius 3 is 2.32 bits per heavy atom. The highest BCUT2D eigenvalue weighted by Crippen LogP contribution is 2.22. The Balaban J connectivity index is 2.26. The lowest BCUT2D eigenvalue weighted by molar-refractivity contribution is 0.0527. The lowest BCUT2D eigenvalue weighted by atomic mass is 10.2. The maximum absolute atomic E-state index is 12.6. The fourth-order valence-electron chi connectivity index (χ4n) is 2.13. The molecule has 25 heavy (non-hydrogen) atoms. The van der Waals surface area contributed by atoms with E-state index >= 15 is 0 Å². The molecule has 0 aliphatic carbocycles. The molecule has 0 spiro atoms. The van der Waals surface area contributed by atoms with Gasteiger partial charge in [-0.3, -0.25) is 4.72 Å². The Bertz CT molecular complexity index is 829. The first-order valence-electron chi connectivity index (χ1n) is 7.89. The van der Waals surface area contributed by atoms with E-state index in [0.717, 1.165) is 0 Å². The summed E-state index contributed by atoms with van der Waals surface area (Å²) in [7, 11) is -3.84. The number of esters is 1. The van der Waals surface area contributed by atoms with Crippen LogP contribution in [0.5, 0.6) is 5.75 Å². The van der Waals surface area contributed by atoms with Crippen molar-refractivity contribution in [2.75, 3.05) is 11.3 Å². The molecule has 2 aromatic carbocycles. The van der Waals surface area contributed by atoms with Crippen LogP contribution in [0.1, 0.15) is 31.1 Å². The number of sulfonamides is 1. The van der Waals surface area contributed by atoms with Crippen molar-refractivity contribution in [2.45, 2.75) is 31.8 Å². The molecule has 0 saturated carbocycles. The van der Waals surface area contributed by atoms with Crippen LogP contribution < -0.4 is 9.46 Å². The number of rotatable bonds is 7. The Morgan fingerprint density at radius 2 is 1.72 bits per heavy atom. The van der Waals surface area contributed by atoms with Gasteiger partial charge in [0.25, 0.3) is 10.0 Å². The second kappa shape index (κ2) is 8.02. The molecule has 6 nitrogen and oxygen atoms in total. The molecule has 0 aliphatic rings. The molecule has 0 atom stereocenters. The van der Waals surface area contributed by atoms with Gasteiger partial charge in [0.1, 0.15) is 5.75 Å².